The van der Waals surface area contributed by atoms with Gasteiger partial charge >= 0.3 is 424 Å². The second-order valence-electron chi connectivity index (χ2n) is 19.3. The van der Waals surface area contributed by atoms with Crippen LogP contribution in [0.5, 0.6) is 0 Å². The van der Waals surface area contributed by atoms with E-state index in [9.17, 15) is 0 Å². The number of benzene rings is 8. The molecule has 0 saturated carbocycles. The molecule has 8 aromatic carbocycles. The van der Waals surface area contributed by atoms with E-state index < -0.39 is 11.9 Å². The maximum atomic E-state index is 2.44. The Kier molecular flexibility index (Phi) is 16.8. The minimum atomic E-state index is -3.79. The molecule has 0 nitrogen and oxygen atoms in total. The van der Waals surface area contributed by atoms with E-state index in [2.05, 4.69) is 270 Å². The Bertz CT molecular complexity index is 2120. The van der Waals surface area contributed by atoms with Crippen LogP contribution < -0.4 is 42.4 Å². The summed E-state index contributed by atoms with van der Waals surface area (Å²) in [5.41, 5.74) is 0. The van der Waals surface area contributed by atoms with Gasteiger partial charge in [-0.05, 0) is 0 Å². The zero-order valence-corrected chi connectivity index (χ0v) is 44.4. The Morgan fingerprint density at radius 2 is 0.328 bits per heavy atom. The summed E-state index contributed by atoms with van der Waals surface area (Å²) in [5.74, 6) is -7.58. The van der Waals surface area contributed by atoms with Gasteiger partial charge in [-0.1, -0.05) is 0 Å². The van der Waals surface area contributed by atoms with E-state index in [-0.39, 0.29) is 23.1 Å². The predicted octanol–water partition coefficient (Wildman–Crippen LogP) is 13.6. The van der Waals surface area contributed by atoms with E-state index in [0.717, 1.165) is 24.6 Å². The average molecular weight is 932 g/mol. The summed E-state index contributed by atoms with van der Waals surface area (Å²) in [6, 6.07) is 92.5. The third-order valence-corrected chi connectivity index (χ3v) is 37.1. The van der Waals surface area contributed by atoms with E-state index in [1.807, 2.05) is 0 Å². The first-order valence-electron chi connectivity index (χ1n) is 25.2. The van der Waals surface area contributed by atoms with Crippen molar-refractivity contribution in [2.24, 2.45) is 0 Å². The maximum Gasteiger partial charge on any atom is 2.00 e. The molecule has 0 aromatic heterocycles. The fourth-order valence-corrected chi connectivity index (χ4v) is 34.5. The summed E-state index contributed by atoms with van der Waals surface area (Å²) in [7, 11) is 0. The van der Waals surface area contributed by atoms with Crippen LogP contribution in [0.4, 0.5) is 0 Å². The van der Waals surface area contributed by atoms with Gasteiger partial charge in [-0.25, -0.2) is 0 Å². The van der Waals surface area contributed by atoms with Crippen molar-refractivity contribution in [1.29, 1.82) is 0 Å². The number of hydrogen-bond donors (Lipinski definition) is 0. The van der Waals surface area contributed by atoms with Crippen molar-refractivity contribution in [2.75, 3.05) is 24.6 Å². The first-order valence-corrected chi connectivity index (χ1v) is 31.3. The van der Waals surface area contributed by atoms with E-state index in [4.69, 9.17) is 0 Å². The topological polar surface area (TPSA) is 0 Å². The fraction of sp³-hybridized carbons (Fsp3) is 0.250. The molecule has 0 amide bonds. The monoisotopic (exact) mass is 931 g/mol. The zero-order chi connectivity index (χ0) is 46.2. The van der Waals surface area contributed by atoms with Crippen molar-refractivity contribution in [1.82, 2.24) is 0 Å². The quantitative estimate of drug-likeness (QED) is 0.0528. The molecule has 0 heterocycles. The van der Waals surface area contributed by atoms with Crippen LogP contribution >= 0.6 is 11.9 Å². The van der Waals surface area contributed by atoms with E-state index in [0.29, 0.717) is 0 Å². The average Bonchev–Trinajstić information content (AvgIpc) is 3.42. The van der Waals surface area contributed by atoms with Crippen LogP contribution in [-0.4, -0.2) is 47.7 Å². The van der Waals surface area contributed by atoms with Gasteiger partial charge in [-0.3, -0.25) is 0 Å². The van der Waals surface area contributed by atoms with Gasteiger partial charge in [0.2, 0.25) is 0 Å². The maximum absolute atomic E-state index is 3.79. The van der Waals surface area contributed by atoms with Crippen LogP contribution in [0.2, 0.25) is 0 Å². The molecule has 0 aliphatic heterocycles. The van der Waals surface area contributed by atoms with Crippen molar-refractivity contribution in [3.63, 3.8) is 0 Å². The van der Waals surface area contributed by atoms with Gasteiger partial charge in [0.25, 0.3) is 0 Å². The Balaban J connectivity index is 0.000000218. The molecule has 0 aliphatic rings. The summed E-state index contributed by atoms with van der Waals surface area (Å²) in [6.45, 7) is 9.36. The number of hydrogen-bond acceptors (Lipinski definition) is 0. The van der Waals surface area contributed by atoms with Crippen LogP contribution in [0.3, 0.4) is 0 Å². The SMILES string of the molecule is CCCC[P-](CCCC)(c1ccccc1)(c1ccccc1)(c1ccccc1)c1ccccc1.CCCC[P-](CCCC)(c1ccccc1)(c1ccccc1)(c1ccccc1)c1ccccc1.[Mg+2]. The molecule has 0 radical (unpaired) electrons. The van der Waals surface area contributed by atoms with E-state index in [1.165, 1.54) is 93.8 Å². The van der Waals surface area contributed by atoms with E-state index >= 15 is 0 Å². The summed E-state index contributed by atoms with van der Waals surface area (Å²) in [4.78, 5) is 0. The third-order valence-electron chi connectivity index (χ3n) is 16.5. The van der Waals surface area contributed by atoms with Crippen molar-refractivity contribution in [3.8, 4) is 0 Å². The Morgan fingerprint density at radius 1 is 0.209 bits per heavy atom. The molecule has 67 heavy (non-hydrogen) atoms. The van der Waals surface area contributed by atoms with Gasteiger partial charge < -0.3 is 0 Å². The van der Waals surface area contributed by atoms with Crippen LogP contribution in [0.1, 0.15) is 79.1 Å². The molecule has 3 heteroatoms. The Morgan fingerprint density at radius 3 is 0.433 bits per heavy atom. The molecule has 344 valence electrons. The third kappa shape index (κ3) is 7.73. The van der Waals surface area contributed by atoms with Gasteiger partial charge in [0.15, 0.2) is 0 Å². The second-order valence-corrected chi connectivity index (χ2v) is 33.9. The fourth-order valence-electron chi connectivity index (χ4n) is 13.3. The first kappa shape index (κ1) is 51.8. The number of rotatable bonds is 20. The molecule has 0 atom stereocenters. The molecule has 0 unspecified atom stereocenters. The van der Waals surface area contributed by atoms with E-state index in [1.54, 1.807) is 0 Å². The van der Waals surface area contributed by atoms with Gasteiger partial charge in [-0.2, -0.15) is 0 Å². The minimum Gasteiger partial charge on any atom is 2.00 e. The Labute approximate surface area is 420 Å². The van der Waals surface area contributed by atoms with Gasteiger partial charge in [-0.15, -0.1) is 0 Å². The van der Waals surface area contributed by atoms with Crippen LogP contribution in [-0.2, 0) is 0 Å². The smallest absolute Gasteiger partial charge is 2.00 e. The van der Waals surface area contributed by atoms with Gasteiger partial charge in [0.05, 0.1) is 0 Å². The van der Waals surface area contributed by atoms with Crippen molar-refractivity contribution >= 4 is 77.4 Å². The molecule has 0 saturated heterocycles. The predicted molar refractivity (Wildman–Crippen MR) is 307 cm³/mol. The minimum absolute atomic E-state index is 0. The van der Waals surface area contributed by atoms with Gasteiger partial charge in [0, 0.05) is 0 Å². The zero-order valence-electron chi connectivity index (χ0n) is 41.2. The normalized spacial score (nSPS) is 13.6. The summed E-state index contributed by atoms with van der Waals surface area (Å²) < 4.78 is 0. The molecule has 8 aromatic rings. The van der Waals surface area contributed by atoms with Crippen molar-refractivity contribution < 1.29 is 0 Å². The molecular weight excluding hydrogens is 855 g/mol. The van der Waals surface area contributed by atoms with Gasteiger partial charge in [0.1, 0.15) is 0 Å². The summed E-state index contributed by atoms with van der Waals surface area (Å²) in [6.07, 6.45) is 14.1. The van der Waals surface area contributed by atoms with Crippen molar-refractivity contribution in [2.45, 2.75) is 79.1 Å². The molecule has 0 bridgehead atoms. The molecule has 0 N–H and O–H groups in total. The van der Waals surface area contributed by atoms with Crippen LogP contribution in [0.15, 0.2) is 243 Å². The molecule has 0 fully saturated rings. The van der Waals surface area contributed by atoms with Crippen LogP contribution in [0, 0.1) is 0 Å². The largest absolute Gasteiger partial charge is 2.00 e. The Hall–Kier alpha value is -4.61. The van der Waals surface area contributed by atoms with Crippen molar-refractivity contribution in [3.05, 3.63) is 243 Å². The molecule has 8 rings (SSSR count). The number of unbranched alkanes of at least 4 members (excludes halogenated alkanes) is 4. The molecule has 0 aliphatic carbocycles. The van der Waals surface area contributed by atoms with Crippen LogP contribution in [0.25, 0.3) is 0 Å². The molecule has 0 spiro atoms. The summed E-state index contributed by atoms with van der Waals surface area (Å²) in [5, 5.41) is 12.1. The first-order chi connectivity index (χ1) is 32.4. The second kappa shape index (κ2) is 21.8. The summed E-state index contributed by atoms with van der Waals surface area (Å²) >= 11 is 0. The molecular formula is C64H76MgP2. The standard InChI is InChI=1S/2C32H38P.Mg/c2*1-3-5-27-33(28-6-4-2,29-19-11-7-12-20-29,30-21-13-8-14-22-30,31-23-15-9-16-24-31)32-25-17-10-18-26-32;/h2*7-26H,3-6,27-28H2,1-2H3;/q2*-1;+2.